The number of hydrogen-bond donors (Lipinski definition) is 1. The van der Waals surface area contributed by atoms with Crippen molar-refractivity contribution in [3.05, 3.63) is 11.6 Å². The molecule has 3 nitrogen and oxygen atoms in total. The highest BCUT2D eigenvalue weighted by Crippen LogP contribution is 2.33. The predicted octanol–water partition coefficient (Wildman–Crippen LogP) is 0.864. The molecule has 12 heavy (non-hydrogen) atoms. The lowest BCUT2D eigenvalue weighted by atomic mass is 10.0. The average Bonchev–Trinajstić information content (AvgIpc) is 2.32. The van der Waals surface area contributed by atoms with Crippen molar-refractivity contribution in [1.82, 2.24) is 4.90 Å². The second-order valence-corrected chi connectivity index (χ2v) is 3.61. The first kappa shape index (κ1) is 7.80. The molecular formula is C9H13NO2. The maximum Gasteiger partial charge on any atom is 0.332 e. The predicted molar refractivity (Wildman–Crippen MR) is 44.9 cm³/mol. The van der Waals surface area contributed by atoms with Crippen LogP contribution in [0.1, 0.15) is 19.3 Å². The Morgan fingerprint density at radius 1 is 1.67 bits per heavy atom. The zero-order valence-corrected chi connectivity index (χ0v) is 7.16. The number of carboxylic acids is 1. The van der Waals surface area contributed by atoms with Gasteiger partial charge in [-0.1, -0.05) is 6.08 Å². The molecule has 0 radical (unpaired) electrons. The van der Waals surface area contributed by atoms with Crippen molar-refractivity contribution in [2.24, 2.45) is 0 Å². The van der Waals surface area contributed by atoms with E-state index in [2.05, 4.69) is 4.90 Å². The molecule has 1 N–H and O–H groups in total. The lowest BCUT2D eigenvalue weighted by Crippen LogP contribution is -2.38. The fourth-order valence-electron chi connectivity index (χ4n) is 2.30. The van der Waals surface area contributed by atoms with E-state index in [9.17, 15) is 4.79 Å². The number of nitrogens with zero attached hydrogens (tertiary/aromatic N) is 1. The minimum Gasteiger partial charge on any atom is -0.478 e. The average molecular weight is 167 g/mol. The quantitative estimate of drug-likeness (QED) is 0.629. The van der Waals surface area contributed by atoms with E-state index >= 15 is 0 Å². The third-order valence-electron chi connectivity index (χ3n) is 3.06. The molecule has 2 aliphatic heterocycles. The van der Waals surface area contributed by atoms with Crippen molar-refractivity contribution < 1.29 is 9.90 Å². The molecule has 2 aliphatic rings. The molecule has 0 saturated carbocycles. The van der Waals surface area contributed by atoms with E-state index in [0.717, 1.165) is 19.3 Å². The van der Waals surface area contributed by atoms with Crippen LogP contribution in [0.15, 0.2) is 11.6 Å². The van der Waals surface area contributed by atoms with Gasteiger partial charge in [0.1, 0.15) is 0 Å². The summed E-state index contributed by atoms with van der Waals surface area (Å²) in [7, 11) is 2.03. The van der Waals surface area contributed by atoms with Crippen molar-refractivity contribution in [2.75, 3.05) is 7.05 Å². The lowest BCUT2D eigenvalue weighted by molar-refractivity contribution is -0.133. The molecule has 0 aromatic rings. The van der Waals surface area contributed by atoms with Crippen LogP contribution in [0.3, 0.4) is 0 Å². The van der Waals surface area contributed by atoms with Crippen LogP contribution in [0.2, 0.25) is 0 Å². The summed E-state index contributed by atoms with van der Waals surface area (Å²) in [4.78, 5) is 13.0. The number of rotatable bonds is 1. The molecule has 3 heteroatoms. The molecule has 2 rings (SSSR count). The molecule has 0 unspecified atom stereocenters. The van der Waals surface area contributed by atoms with Gasteiger partial charge in [0.2, 0.25) is 0 Å². The Hall–Kier alpha value is -0.830. The second kappa shape index (κ2) is 2.59. The summed E-state index contributed by atoms with van der Waals surface area (Å²) in [6.07, 6.45) is 4.97. The first-order chi connectivity index (χ1) is 5.70. The first-order valence-electron chi connectivity index (χ1n) is 4.35. The van der Waals surface area contributed by atoms with Crippen LogP contribution in [-0.2, 0) is 4.79 Å². The molecular weight excluding hydrogens is 154 g/mol. The summed E-state index contributed by atoms with van der Waals surface area (Å²) in [6.45, 7) is 0. The standard InChI is InChI=1S/C9H13NO2/c1-10-6-2-4-7(9(11)12)8(10)5-3-6/h4,6,8H,2-3,5H2,1H3,(H,11,12)/t6-,8-/m1/s1. The number of carbonyl (C=O) groups is 1. The van der Waals surface area contributed by atoms with Crippen molar-refractivity contribution in [3.63, 3.8) is 0 Å². The molecule has 1 fully saturated rings. The Balaban J connectivity index is 2.27. The summed E-state index contributed by atoms with van der Waals surface area (Å²) in [5.74, 6) is -0.743. The van der Waals surface area contributed by atoms with E-state index in [4.69, 9.17) is 5.11 Å². The molecule has 0 spiro atoms. The van der Waals surface area contributed by atoms with E-state index in [1.54, 1.807) is 0 Å². The molecule has 0 aromatic carbocycles. The van der Waals surface area contributed by atoms with Crippen molar-refractivity contribution in [2.45, 2.75) is 31.3 Å². The smallest absolute Gasteiger partial charge is 0.332 e. The highest BCUT2D eigenvalue weighted by molar-refractivity contribution is 5.88. The van der Waals surface area contributed by atoms with Crippen molar-refractivity contribution >= 4 is 5.97 Å². The number of aliphatic carboxylic acids is 1. The van der Waals surface area contributed by atoms with E-state index in [0.29, 0.717) is 11.6 Å². The summed E-state index contributed by atoms with van der Waals surface area (Å²) < 4.78 is 0. The Morgan fingerprint density at radius 3 is 3.08 bits per heavy atom. The Morgan fingerprint density at radius 2 is 2.42 bits per heavy atom. The first-order valence-corrected chi connectivity index (χ1v) is 4.35. The number of carboxylic acid groups (broad SMARTS) is 1. The minimum absolute atomic E-state index is 0.182. The van der Waals surface area contributed by atoms with Crippen LogP contribution in [0.4, 0.5) is 0 Å². The summed E-state index contributed by atoms with van der Waals surface area (Å²) in [5.41, 5.74) is 0.603. The van der Waals surface area contributed by atoms with Gasteiger partial charge in [-0.3, -0.25) is 4.90 Å². The highest BCUT2D eigenvalue weighted by Gasteiger charge is 2.37. The van der Waals surface area contributed by atoms with Crippen LogP contribution in [0, 0.1) is 0 Å². The van der Waals surface area contributed by atoms with Crippen LogP contribution >= 0.6 is 0 Å². The third kappa shape index (κ3) is 0.966. The monoisotopic (exact) mass is 167 g/mol. The fourth-order valence-corrected chi connectivity index (χ4v) is 2.30. The zero-order valence-electron chi connectivity index (χ0n) is 7.16. The van der Waals surface area contributed by atoms with E-state index in [1.807, 2.05) is 13.1 Å². The molecule has 2 heterocycles. The van der Waals surface area contributed by atoms with Crippen molar-refractivity contribution in [3.8, 4) is 0 Å². The van der Waals surface area contributed by atoms with E-state index in [1.165, 1.54) is 0 Å². The summed E-state index contributed by atoms with van der Waals surface area (Å²) in [6, 6.07) is 0.777. The second-order valence-electron chi connectivity index (χ2n) is 3.61. The minimum atomic E-state index is -0.743. The number of likely N-dealkylation sites (N-methyl/N-ethyl adjacent to an activating group) is 1. The SMILES string of the molecule is CN1[C@@H]2CC=C(C(=O)O)[C@H]1CC2. The summed E-state index contributed by atoms with van der Waals surface area (Å²) in [5, 5.41) is 8.88. The molecule has 2 atom stereocenters. The molecule has 1 saturated heterocycles. The largest absolute Gasteiger partial charge is 0.478 e. The molecule has 0 aliphatic carbocycles. The van der Waals surface area contributed by atoms with Gasteiger partial charge in [0, 0.05) is 12.1 Å². The van der Waals surface area contributed by atoms with Gasteiger partial charge in [-0.2, -0.15) is 0 Å². The number of fused-ring (bicyclic) bond motifs is 2. The Bertz CT molecular complexity index is 247. The van der Waals surface area contributed by atoms with Gasteiger partial charge in [0.25, 0.3) is 0 Å². The molecule has 2 bridgehead atoms. The molecule has 66 valence electrons. The Kier molecular flexibility index (Phi) is 1.68. The molecule has 0 aromatic heterocycles. The van der Waals surface area contributed by atoms with Gasteiger partial charge in [-0.15, -0.1) is 0 Å². The normalized spacial score (nSPS) is 34.9. The van der Waals surface area contributed by atoms with E-state index in [-0.39, 0.29) is 6.04 Å². The van der Waals surface area contributed by atoms with Crippen LogP contribution in [-0.4, -0.2) is 35.1 Å². The van der Waals surface area contributed by atoms with Crippen LogP contribution in [0.25, 0.3) is 0 Å². The highest BCUT2D eigenvalue weighted by atomic mass is 16.4. The van der Waals surface area contributed by atoms with Gasteiger partial charge in [-0.05, 0) is 26.3 Å². The van der Waals surface area contributed by atoms with Gasteiger partial charge in [-0.25, -0.2) is 4.79 Å². The van der Waals surface area contributed by atoms with Gasteiger partial charge < -0.3 is 5.11 Å². The van der Waals surface area contributed by atoms with Gasteiger partial charge >= 0.3 is 5.97 Å². The van der Waals surface area contributed by atoms with Gasteiger partial charge in [0.05, 0.1) is 5.57 Å². The lowest BCUT2D eigenvalue weighted by Gasteiger charge is -2.29. The van der Waals surface area contributed by atoms with Crippen molar-refractivity contribution in [1.29, 1.82) is 0 Å². The topological polar surface area (TPSA) is 40.5 Å². The van der Waals surface area contributed by atoms with Crippen LogP contribution in [0.5, 0.6) is 0 Å². The number of hydrogen-bond acceptors (Lipinski definition) is 2. The van der Waals surface area contributed by atoms with Gasteiger partial charge in [0.15, 0.2) is 0 Å². The summed E-state index contributed by atoms with van der Waals surface area (Å²) >= 11 is 0. The van der Waals surface area contributed by atoms with E-state index < -0.39 is 5.97 Å². The third-order valence-corrected chi connectivity index (χ3v) is 3.06. The maximum atomic E-state index is 10.8. The Labute approximate surface area is 71.7 Å². The fraction of sp³-hybridized carbons (Fsp3) is 0.667. The van der Waals surface area contributed by atoms with Crippen LogP contribution < -0.4 is 0 Å². The maximum absolute atomic E-state index is 10.8. The molecule has 0 amide bonds. The zero-order chi connectivity index (χ0) is 8.72.